The lowest BCUT2D eigenvalue weighted by molar-refractivity contribution is 0.0512. The fraction of sp³-hybridized carbons (Fsp3) is 0.375. The SMILES string of the molecule is COCOc1cc(Br)c2c3c(ccc2c1)CCC3C. The molecule has 0 saturated carbocycles. The van der Waals surface area contributed by atoms with Gasteiger partial charge in [0.15, 0.2) is 6.79 Å². The molecule has 0 saturated heterocycles. The average Bonchev–Trinajstić information content (AvgIpc) is 2.78. The number of aryl methyl sites for hydroxylation is 1. The number of ether oxygens (including phenoxy) is 2. The van der Waals surface area contributed by atoms with Gasteiger partial charge in [-0.05, 0) is 52.8 Å². The number of methoxy groups -OCH3 is 1. The number of rotatable bonds is 3. The Bertz CT molecular complexity index is 622. The molecule has 3 heteroatoms. The van der Waals surface area contributed by atoms with Crippen LogP contribution in [0.15, 0.2) is 28.7 Å². The van der Waals surface area contributed by atoms with Crippen molar-refractivity contribution in [2.45, 2.75) is 25.7 Å². The van der Waals surface area contributed by atoms with E-state index >= 15 is 0 Å². The van der Waals surface area contributed by atoms with Gasteiger partial charge < -0.3 is 9.47 Å². The Morgan fingerprint density at radius 2 is 2.16 bits per heavy atom. The van der Waals surface area contributed by atoms with Gasteiger partial charge in [0.1, 0.15) is 5.75 Å². The first kappa shape index (κ1) is 12.9. The zero-order chi connectivity index (χ0) is 13.4. The van der Waals surface area contributed by atoms with E-state index in [1.807, 2.05) is 6.07 Å². The van der Waals surface area contributed by atoms with Gasteiger partial charge in [-0.25, -0.2) is 0 Å². The van der Waals surface area contributed by atoms with Crippen LogP contribution in [-0.4, -0.2) is 13.9 Å². The first-order valence-corrected chi connectivity index (χ1v) is 7.36. The summed E-state index contributed by atoms with van der Waals surface area (Å²) < 4.78 is 11.6. The van der Waals surface area contributed by atoms with E-state index in [-0.39, 0.29) is 6.79 Å². The molecule has 1 aliphatic rings. The van der Waals surface area contributed by atoms with Gasteiger partial charge in [-0.15, -0.1) is 0 Å². The topological polar surface area (TPSA) is 18.5 Å². The molecule has 2 aromatic rings. The van der Waals surface area contributed by atoms with Crippen molar-refractivity contribution in [3.05, 3.63) is 39.9 Å². The summed E-state index contributed by atoms with van der Waals surface area (Å²) in [5, 5.41) is 2.57. The smallest absolute Gasteiger partial charge is 0.188 e. The Balaban J connectivity index is 2.15. The molecule has 3 rings (SSSR count). The Kier molecular flexibility index (Phi) is 3.50. The van der Waals surface area contributed by atoms with Crippen LogP contribution in [0.3, 0.4) is 0 Å². The number of benzene rings is 2. The van der Waals surface area contributed by atoms with Crippen molar-refractivity contribution >= 4 is 26.7 Å². The van der Waals surface area contributed by atoms with Crippen LogP contribution in [-0.2, 0) is 11.2 Å². The second kappa shape index (κ2) is 5.14. The Morgan fingerprint density at radius 1 is 1.32 bits per heavy atom. The van der Waals surface area contributed by atoms with Gasteiger partial charge in [0.25, 0.3) is 0 Å². The van der Waals surface area contributed by atoms with Crippen molar-refractivity contribution < 1.29 is 9.47 Å². The van der Waals surface area contributed by atoms with E-state index in [1.165, 1.54) is 34.7 Å². The standard InChI is InChI=1S/C16H17BrO2/c1-10-3-4-11-5-6-12-7-13(19-9-18-2)8-14(17)16(12)15(10)11/h5-8,10H,3-4,9H2,1-2H3. The van der Waals surface area contributed by atoms with Gasteiger partial charge in [0, 0.05) is 11.6 Å². The summed E-state index contributed by atoms with van der Waals surface area (Å²) in [4.78, 5) is 0. The third kappa shape index (κ3) is 2.26. The van der Waals surface area contributed by atoms with Crippen LogP contribution < -0.4 is 4.74 Å². The fourth-order valence-corrected chi connectivity index (χ4v) is 3.63. The minimum atomic E-state index is 0.277. The van der Waals surface area contributed by atoms with Crippen molar-refractivity contribution in [1.82, 2.24) is 0 Å². The van der Waals surface area contributed by atoms with Crippen molar-refractivity contribution in [1.29, 1.82) is 0 Å². The fourth-order valence-electron chi connectivity index (χ4n) is 2.97. The van der Waals surface area contributed by atoms with E-state index in [0.29, 0.717) is 5.92 Å². The van der Waals surface area contributed by atoms with E-state index in [9.17, 15) is 0 Å². The molecule has 0 aromatic heterocycles. The summed E-state index contributed by atoms with van der Waals surface area (Å²) in [5.74, 6) is 1.48. The van der Waals surface area contributed by atoms with Crippen LogP contribution in [0.25, 0.3) is 10.8 Å². The van der Waals surface area contributed by atoms with Crippen LogP contribution in [0, 0.1) is 0 Å². The van der Waals surface area contributed by atoms with Crippen molar-refractivity contribution in [2.75, 3.05) is 13.9 Å². The summed E-state index contributed by atoms with van der Waals surface area (Å²) in [7, 11) is 1.63. The summed E-state index contributed by atoms with van der Waals surface area (Å²) in [5.41, 5.74) is 2.99. The maximum absolute atomic E-state index is 5.54. The molecule has 100 valence electrons. The van der Waals surface area contributed by atoms with E-state index in [1.54, 1.807) is 7.11 Å². The highest BCUT2D eigenvalue weighted by Gasteiger charge is 2.22. The second-order valence-corrected chi connectivity index (χ2v) is 5.99. The first-order chi connectivity index (χ1) is 9.20. The highest BCUT2D eigenvalue weighted by Crippen LogP contribution is 2.42. The zero-order valence-electron chi connectivity index (χ0n) is 11.2. The van der Waals surface area contributed by atoms with Crippen LogP contribution >= 0.6 is 15.9 Å². The predicted octanol–water partition coefficient (Wildman–Crippen LogP) is 4.63. The Hall–Kier alpha value is -1.06. The molecule has 1 atom stereocenters. The zero-order valence-corrected chi connectivity index (χ0v) is 12.8. The van der Waals surface area contributed by atoms with E-state index < -0.39 is 0 Å². The summed E-state index contributed by atoms with van der Waals surface area (Å²) in [6, 6.07) is 8.57. The minimum Gasteiger partial charge on any atom is -0.468 e. The van der Waals surface area contributed by atoms with Crippen LogP contribution in [0.2, 0.25) is 0 Å². The number of hydrogen-bond acceptors (Lipinski definition) is 2. The molecule has 2 nitrogen and oxygen atoms in total. The van der Waals surface area contributed by atoms with Crippen LogP contribution in [0.5, 0.6) is 5.75 Å². The molecule has 0 heterocycles. The molecule has 0 fully saturated rings. The van der Waals surface area contributed by atoms with Gasteiger partial charge >= 0.3 is 0 Å². The summed E-state index contributed by atoms with van der Waals surface area (Å²) in [6.45, 7) is 2.59. The van der Waals surface area contributed by atoms with Gasteiger partial charge in [-0.3, -0.25) is 0 Å². The van der Waals surface area contributed by atoms with Gasteiger partial charge in [-0.1, -0.05) is 35.0 Å². The predicted molar refractivity (Wildman–Crippen MR) is 80.9 cm³/mol. The summed E-state index contributed by atoms with van der Waals surface area (Å²) >= 11 is 3.70. The highest BCUT2D eigenvalue weighted by atomic mass is 79.9. The number of hydrogen-bond donors (Lipinski definition) is 0. The summed E-state index contributed by atoms with van der Waals surface area (Å²) in [6.07, 6.45) is 2.45. The first-order valence-electron chi connectivity index (χ1n) is 6.57. The molecule has 0 bridgehead atoms. The highest BCUT2D eigenvalue weighted by molar-refractivity contribution is 9.10. The molecule has 2 aromatic carbocycles. The van der Waals surface area contributed by atoms with Gasteiger partial charge in [0.2, 0.25) is 0 Å². The monoisotopic (exact) mass is 320 g/mol. The van der Waals surface area contributed by atoms with E-state index in [0.717, 1.165) is 10.2 Å². The third-order valence-electron chi connectivity index (χ3n) is 3.86. The molecule has 1 aliphatic carbocycles. The molecular formula is C16H17BrO2. The lowest BCUT2D eigenvalue weighted by Crippen LogP contribution is -1.99. The minimum absolute atomic E-state index is 0.277. The largest absolute Gasteiger partial charge is 0.468 e. The molecule has 1 unspecified atom stereocenters. The van der Waals surface area contributed by atoms with Crippen molar-refractivity contribution in [3.63, 3.8) is 0 Å². The number of fused-ring (bicyclic) bond motifs is 3. The third-order valence-corrected chi connectivity index (χ3v) is 4.48. The molecule has 0 spiro atoms. The van der Waals surface area contributed by atoms with E-state index in [4.69, 9.17) is 9.47 Å². The van der Waals surface area contributed by atoms with Gasteiger partial charge in [0.05, 0.1) is 0 Å². The van der Waals surface area contributed by atoms with Crippen molar-refractivity contribution in [2.24, 2.45) is 0 Å². The van der Waals surface area contributed by atoms with Gasteiger partial charge in [-0.2, -0.15) is 0 Å². The maximum atomic E-state index is 5.54. The van der Waals surface area contributed by atoms with Crippen LogP contribution in [0.4, 0.5) is 0 Å². The average molecular weight is 321 g/mol. The molecular weight excluding hydrogens is 304 g/mol. The normalized spacial score (nSPS) is 17.7. The lowest BCUT2D eigenvalue weighted by Gasteiger charge is -2.13. The molecule has 0 radical (unpaired) electrons. The second-order valence-electron chi connectivity index (χ2n) is 5.13. The van der Waals surface area contributed by atoms with Crippen LogP contribution in [0.1, 0.15) is 30.4 Å². The van der Waals surface area contributed by atoms with Crippen molar-refractivity contribution in [3.8, 4) is 5.75 Å². The Labute approximate surface area is 121 Å². The quantitative estimate of drug-likeness (QED) is 0.767. The molecule has 0 amide bonds. The molecule has 19 heavy (non-hydrogen) atoms. The Morgan fingerprint density at radius 3 is 2.95 bits per heavy atom. The molecule has 0 aliphatic heterocycles. The maximum Gasteiger partial charge on any atom is 0.188 e. The molecule has 0 N–H and O–H groups in total. The number of halogens is 1. The lowest BCUT2D eigenvalue weighted by atomic mass is 9.96. The van der Waals surface area contributed by atoms with E-state index in [2.05, 4.69) is 41.1 Å².